The molecule has 12 heteroatoms. The van der Waals surface area contributed by atoms with E-state index in [1.165, 1.54) is 41.3 Å². The van der Waals surface area contributed by atoms with Gasteiger partial charge in [-0.15, -0.1) is 0 Å². The Morgan fingerprint density at radius 3 is 2.41 bits per heavy atom. The first-order valence-corrected chi connectivity index (χ1v) is 14.3. The number of nitrogens with one attached hydrogen (secondary N) is 3. The Bertz CT molecular complexity index is 1530. The Kier molecular flexibility index (Phi) is 8.73. The number of carbonyl (C=O) groups is 4. The highest BCUT2D eigenvalue weighted by Gasteiger charge is 2.57. The van der Waals surface area contributed by atoms with Gasteiger partial charge < -0.3 is 25.6 Å². The second-order valence-electron chi connectivity index (χ2n) is 13.3. The van der Waals surface area contributed by atoms with Crippen molar-refractivity contribution in [2.24, 2.45) is 5.41 Å². The molecule has 2 aromatic carbocycles. The molecule has 0 aliphatic carbocycles. The Balaban J connectivity index is 1.67. The zero-order chi connectivity index (χ0) is 32.6. The molecular formula is C32H37F2N5O5. The summed E-state index contributed by atoms with van der Waals surface area (Å²) in [4.78, 5) is 55.0. The van der Waals surface area contributed by atoms with E-state index < -0.39 is 70.0 Å². The van der Waals surface area contributed by atoms with Crippen LogP contribution in [0.4, 0.5) is 19.3 Å². The fraction of sp³-hybridized carbons (Fsp3) is 0.469. The third-order valence-electron chi connectivity index (χ3n) is 7.76. The quantitative estimate of drug-likeness (QED) is 0.453. The summed E-state index contributed by atoms with van der Waals surface area (Å²) >= 11 is 0. The lowest BCUT2D eigenvalue weighted by atomic mass is 9.79. The number of nitrogens with zero attached hydrogens (tertiary/aromatic N) is 2. The topological polar surface area (TPSA) is 141 Å². The second kappa shape index (κ2) is 11.9. The fourth-order valence-corrected chi connectivity index (χ4v) is 5.64. The molecule has 234 valence electrons. The van der Waals surface area contributed by atoms with Crippen molar-refractivity contribution in [3.05, 3.63) is 65.2 Å². The number of fused-ring (bicyclic) bond motifs is 2. The molecule has 0 aromatic heterocycles. The molecule has 2 aromatic rings. The van der Waals surface area contributed by atoms with Gasteiger partial charge in [0.05, 0.1) is 11.5 Å². The van der Waals surface area contributed by atoms with Crippen LogP contribution in [0, 0.1) is 28.4 Å². The van der Waals surface area contributed by atoms with Crippen LogP contribution in [0.1, 0.15) is 59.1 Å². The van der Waals surface area contributed by atoms with Gasteiger partial charge in [0, 0.05) is 25.1 Å². The first-order chi connectivity index (χ1) is 20.4. The van der Waals surface area contributed by atoms with Crippen LogP contribution in [0.5, 0.6) is 0 Å². The maximum absolute atomic E-state index is 14.8. The van der Waals surface area contributed by atoms with Crippen molar-refractivity contribution in [3.8, 4) is 6.07 Å². The van der Waals surface area contributed by atoms with E-state index in [-0.39, 0.29) is 24.9 Å². The lowest BCUT2D eigenvalue weighted by Crippen LogP contribution is -2.59. The zero-order valence-corrected chi connectivity index (χ0v) is 25.6. The van der Waals surface area contributed by atoms with Gasteiger partial charge in [-0.25, -0.2) is 13.6 Å². The van der Waals surface area contributed by atoms with Crippen molar-refractivity contribution >= 4 is 29.5 Å². The van der Waals surface area contributed by atoms with Gasteiger partial charge in [-0.2, -0.15) is 5.26 Å². The summed E-state index contributed by atoms with van der Waals surface area (Å²) in [7, 11) is 0. The summed E-state index contributed by atoms with van der Waals surface area (Å²) in [6.45, 7) is 9.92. The van der Waals surface area contributed by atoms with Gasteiger partial charge in [-0.3, -0.25) is 14.4 Å². The Labute approximate surface area is 255 Å². The monoisotopic (exact) mass is 609 g/mol. The van der Waals surface area contributed by atoms with E-state index in [0.717, 1.165) is 0 Å². The standard InChI is InChI=1S/C32H37F2N5O5/c1-30(2,3)25(38-29(43)44-31(4,5)6)26(40)36-24(13-18-9-7-8-10-22(18)34)27(41)39-17-32(15-20(39)16-35)21-14-19(33)11-12-23(21)37-28(32)42/h7-12,14,20,24-25H,13,15,17H2,1-6H3,(H,36,40)(H,37,42)(H,38,43)/t20-,24-,25+,32-/m0/s1. The fourth-order valence-electron chi connectivity index (χ4n) is 5.64. The van der Waals surface area contributed by atoms with Crippen molar-refractivity contribution < 1.29 is 32.7 Å². The first-order valence-electron chi connectivity index (χ1n) is 14.3. The van der Waals surface area contributed by atoms with E-state index >= 15 is 0 Å². The third kappa shape index (κ3) is 6.67. The number of halogens is 2. The summed E-state index contributed by atoms with van der Waals surface area (Å²) in [5, 5.41) is 18.0. The Morgan fingerprint density at radius 1 is 1.11 bits per heavy atom. The van der Waals surface area contributed by atoms with E-state index in [4.69, 9.17) is 4.74 Å². The van der Waals surface area contributed by atoms with E-state index in [1.807, 2.05) is 0 Å². The molecule has 0 bridgehead atoms. The predicted octanol–water partition coefficient (Wildman–Crippen LogP) is 3.95. The van der Waals surface area contributed by atoms with Gasteiger partial charge in [0.2, 0.25) is 17.7 Å². The number of likely N-dealkylation sites (tertiary alicyclic amines) is 1. The molecular weight excluding hydrogens is 572 g/mol. The minimum absolute atomic E-state index is 0.0945. The number of hydrogen-bond acceptors (Lipinski definition) is 6. The van der Waals surface area contributed by atoms with Gasteiger partial charge in [-0.1, -0.05) is 39.0 Å². The Morgan fingerprint density at radius 2 is 1.80 bits per heavy atom. The van der Waals surface area contributed by atoms with Crippen molar-refractivity contribution in [1.29, 1.82) is 5.26 Å². The van der Waals surface area contributed by atoms with Gasteiger partial charge in [0.25, 0.3) is 0 Å². The average molecular weight is 610 g/mol. The summed E-state index contributed by atoms with van der Waals surface area (Å²) in [5.74, 6) is -3.11. The van der Waals surface area contributed by atoms with Crippen molar-refractivity contribution in [3.63, 3.8) is 0 Å². The first kappa shape index (κ1) is 32.4. The number of nitriles is 1. The second-order valence-corrected chi connectivity index (χ2v) is 13.3. The van der Waals surface area contributed by atoms with Crippen LogP contribution in [0.25, 0.3) is 0 Å². The summed E-state index contributed by atoms with van der Waals surface area (Å²) in [6.07, 6.45) is -1.21. The molecule has 1 fully saturated rings. The molecule has 1 spiro atoms. The molecule has 0 saturated carbocycles. The Hall–Kier alpha value is -4.53. The van der Waals surface area contributed by atoms with Crippen molar-refractivity contribution in [2.75, 3.05) is 11.9 Å². The van der Waals surface area contributed by atoms with Gasteiger partial charge in [0.1, 0.15) is 35.4 Å². The molecule has 2 aliphatic rings. The molecule has 3 N–H and O–H groups in total. The highest BCUT2D eigenvalue weighted by Crippen LogP contribution is 2.46. The van der Waals surface area contributed by atoms with Gasteiger partial charge in [0.15, 0.2) is 0 Å². The lowest BCUT2D eigenvalue weighted by Gasteiger charge is -2.33. The normalized spacial score (nSPS) is 20.8. The molecule has 1 saturated heterocycles. The highest BCUT2D eigenvalue weighted by molar-refractivity contribution is 6.07. The number of ether oxygens (including phenoxy) is 1. The van der Waals surface area contributed by atoms with Crippen LogP contribution in [-0.4, -0.2) is 59.0 Å². The summed E-state index contributed by atoms with van der Waals surface area (Å²) in [5.41, 5.74) is -2.20. The zero-order valence-electron chi connectivity index (χ0n) is 25.6. The van der Waals surface area contributed by atoms with Crippen molar-refractivity contribution in [1.82, 2.24) is 15.5 Å². The predicted molar refractivity (Wildman–Crippen MR) is 157 cm³/mol. The molecule has 4 atom stereocenters. The number of amides is 4. The molecule has 44 heavy (non-hydrogen) atoms. The van der Waals surface area contributed by atoms with E-state index in [9.17, 15) is 33.2 Å². The molecule has 10 nitrogen and oxygen atoms in total. The SMILES string of the molecule is CC(C)(C)OC(=O)N[C@H](C(=O)N[C@@H](Cc1ccccc1F)C(=O)N1C[C@]2(C[C@H]1C#N)C(=O)Nc1ccc(F)cc12)C(C)(C)C. The number of alkyl carbamates (subject to hydrolysis) is 1. The molecule has 0 radical (unpaired) electrons. The van der Waals surface area contributed by atoms with Crippen LogP contribution in [-0.2, 0) is 31.0 Å². The van der Waals surface area contributed by atoms with Crippen LogP contribution < -0.4 is 16.0 Å². The largest absolute Gasteiger partial charge is 0.444 e. The van der Waals surface area contributed by atoms with Crippen LogP contribution in [0.3, 0.4) is 0 Å². The van der Waals surface area contributed by atoms with Crippen LogP contribution in [0.2, 0.25) is 0 Å². The summed E-state index contributed by atoms with van der Waals surface area (Å²) in [6, 6.07) is 8.02. The molecule has 2 heterocycles. The molecule has 4 rings (SSSR count). The number of anilines is 1. The van der Waals surface area contributed by atoms with Gasteiger partial charge >= 0.3 is 6.09 Å². The minimum Gasteiger partial charge on any atom is -0.444 e. The maximum Gasteiger partial charge on any atom is 0.408 e. The number of benzene rings is 2. The van der Waals surface area contributed by atoms with Crippen LogP contribution in [0.15, 0.2) is 42.5 Å². The van der Waals surface area contributed by atoms with Gasteiger partial charge in [-0.05, 0) is 61.6 Å². The van der Waals surface area contributed by atoms with E-state index in [0.29, 0.717) is 11.3 Å². The molecule has 4 amide bonds. The maximum atomic E-state index is 14.8. The lowest BCUT2D eigenvalue weighted by molar-refractivity contribution is -0.138. The van der Waals surface area contributed by atoms with Crippen LogP contribution >= 0.6 is 0 Å². The minimum atomic E-state index is -1.38. The van der Waals surface area contributed by atoms with E-state index in [1.54, 1.807) is 47.6 Å². The smallest absolute Gasteiger partial charge is 0.408 e. The van der Waals surface area contributed by atoms with Crippen molar-refractivity contribution in [2.45, 2.75) is 83.5 Å². The summed E-state index contributed by atoms with van der Waals surface area (Å²) < 4.78 is 34.4. The van der Waals surface area contributed by atoms with E-state index in [2.05, 4.69) is 22.0 Å². The molecule has 0 unspecified atom stereocenters. The average Bonchev–Trinajstić information content (AvgIpc) is 3.44. The molecule has 2 aliphatic heterocycles. The third-order valence-corrected chi connectivity index (χ3v) is 7.76. The highest BCUT2D eigenvalue weighted by atomic mass is 19.1. The number of carbonyl (C=O) groups excluding carboxylic acids is 4. The number of rotatable bonds is 6. The number of hydrogen-bond donors (Lipinski definition) is 3.